The smallest absolute Gasteiger partial charge is 0.254 e. The van der Waals surface area contributed by atoms with Gasteiger partial charge in [-0.25, -0.2) is 9.97 Å². The third-order valence-electron chi connectivity index (χ3n) is 3.67. The number of hydrogen-bond acceptors (Lipinski definition) is 3. The molecular weight excluding hydrogens is 252 g/mol. The number of fused-ring (bicyclic) bond motifs is 2. The summed E-state index contributed by atoms with van der Waals surface area (Å²) in [5, 5.41) is 1.11. The predicted molar refractivity (Wildman–Crippen MR) is 73.9 cm³/mol. The van der Waals surface area contributed by atoms with Crippen molar-refractivity contribution in [3.05, 3.63) is 59.8 Å². The molecule has 1 aliphatic heterocycles. The average molecular weight is 264 g/mol. The van der Waals surface area contributed by atoms with Gasteiger partial charge in [-0.2, -0.15) is 0 Å². The van der Waals surface area contributed by atoms with Gasteiger partial charge >= 0.3 is 0 Å². The fourth-order valence-corrected chi connectivity index (χ4v) is 2.61. The van der Waals surface area contributed by atoms with Crippen LogP contribution in [0.15, 0.2) is 43.0 Å². The van der Waals surface area contributed by atoms with Crippen molar-refractivity contribution in [2.75, 3.05) is 0 Å². The highest BCUT2D eigenvalue weighted by molar-refractivity contribution is 5.98. The molecule has 0 aliphatic carbocycles. The molecule has 5 heteroatoms. The highest BCUT2D eigenvalue weighted by Gasteiger charge is 2.25. The molecule has 2 aromatic heterocycles. The number of nitrogens with one attached hydrogen (secondary N) is 1. The second-order valence-corrected chi connectivity index (χ2v) is 4.94. The van der Waals surface area contributed by atoms with Crippen LogP contribution in [0, 0.1) is 0 Å². The summed E-state index contributed by atoms with van der Waals surface area (Å²) in [5.74, 6) is 0.0273. The SMILES string of the molecule is O=C(c1ccc2cc[nH]c2c1)N1Cc2cncnc2C1. The molecule has 1 aliphatic rings. The van der Waals surface area contributed by atoms with Crippen LogP contribution in [-0.2, 0) is 13.1 Å². The van der Waals surface area contributed by atoms with E-state index in [0.29, 0.717) is 18.7 Å². The molecule has 0 bridgehead atoms. The van der Waals surface area contributed by atoms with E-state index in [-0.39, 0.29) is 5.91 Å². The Hall–Kier alpha value is -2.69. The largest absolute Gasteiger partial charge is 0.361 e. The lowest BCUT2D eigenvalue weighted by Crippen LogP contribution is -2.25. The summed E-state index contributed by atoms with van der Waals surface area (Å²) in [6.07, 6.45) is 5.18. The molecule has 3 aromatic rings. The molecule has 0 atom stereocenters. The van der Waals surface area contributed by atoms with Crippen molar-refractivity contribution < 1.29 is 4.79 Å². The van der Waals surface area contributed by atoms with E-state index >= 15 is 0 Å². The van der Waals surface area contributed by atoms with Crippen molar-refractivity contribution in [1.29, 1.82) is 0 Å². The van der Waals surface area contributed by atoms with E-state index in [4.69, 9.17) is 0 Å². The van der Waals surface area contributed by atoms with E-state index in [0.717, 1.165) is 22.2 Å². The van der Waals surface area contributed by atoms with Gasteiger partial charge in [0.05, 0.1) is 12.2 Å². The first-order valence-corrected chi connectivity index (χ1v) is 6.45. The molecule has 98 valence electrons. The second kappa shape index (κ2) is 4.16. The van der Waals surface area contributed by atoms with Gasteiger partial charge in [0.25, 0.3) is 5.91 Å². The van der Waals surface area contributed by atoms with E-state index < -0.39 is 0 Å². The first-order valence-electron chi connectivity index (χ1n) is 6.45. The molecule has 5 nitrogen and oxygen atoms in total. The van der Waals surface area contributed by atoms with Gasteiger partial charge < -0.3 is 9.88 Å². The molecule has 0 saturated carbocycles. The summed E-state index contributed by atoms with van der Waals surface area (Å²) < 4.78 is 0. The highest BCUT2D eigenvalue weighted by atomic mass is 16.2. The van der Waals surface area contributed by atoms with Crippen LogP contribution in [-0.4, -0.2) is 25.8 Å². The van der Waals surface area contributed by atoms with Crippen LogP contribution >= 0.6 is 0 Å². The maximum atomic E-state index is 12.5. The van der Waals surface area contributed by atoms with Crippen LogP contribution < -0.4 is 0 Å². The third kappa shape index (κ3) is 1.67. The molecule has 4 rings (SSSR count). The number of carbonyl (C=O) groups excluding carboxylic acids is 1. The van der Waals surface area contributed by atoms with E-state index in [9.17, 15) is 4.79 Å². The lowest BCUT2D eigenvalue weighted by atomic mass is 10.1. The van der Waals surface area contributed by atoms with Gasteiger partial charge in [0, 0.05) is 35.6 Å². The first kappa shape index (κ1) is 11.2. The molecule has 0 saturated heterocycles. The Bertz CT molecular complexity index is 783. The fraction of sp³-hybridized carbons (Fsp3) is 0.133. The number of H-pyrrole nitrogens is 1. The number of aromatic amines is 1. The summed E-state index contributed by atoms with van der Waals surface area (Å²) in [5.41, 5.74) is 3.64. The molecule has 1 aromatic carbocycles. The van der Waals surface area contributed by atoms with Crippen LogP contribution in [0.25, 0.3) is 10.9 Å². The molecular formula is C15H12N4O. The fourth-order valence-electron chi connectivity index (χ4n) is 2.61. The van der Waals surface area contributed by atoms with E-state index in [1.807, 2.05) is 30.5 Å². The number of rotatable bonds is 1. The lowest BCUT2D eigenvalue weighted by molar-refractivity contribution is 0.0750. The zero-order valence-electron chi connectivity index (χ0n) is 10.7. The number of hydrogen-bond donors (Lipinski definition) is 1. The molecule has 0 fully saturated rings. The van der Waals surface area contributed by atoms with E-state index in [1.165, 1.54) is 6.33 Å². The quantitative estimate of drug-likeness (QED) is 0.732. The van der Waals surface area contributed by atoms with Gasteiger partial charge in [0.2, 0.25) is 0 Å². The Morgan fingerprint density at radius 3 is 3.10 bits per heavy atom. The Kier molecular flexibility index (Phi) is 2.32. The minimum absolute atomic E-state index is 0.0273. The van der Waals surface area contributed by atoms with Gasteiger partial charge in [-0.05, 0) is 23.6 Å². The minimum Gasteiger partial charge on any atom is -0.361 e. The molecule has 0 spiro atoms. The van der Waals surface area contributed by atoms with Crippen LogP contribution in [0.3, 0.4) is 0 Å². The zero-order valence-corrected chi connectivity index (χ0v) is 10.7. The van der Waals surface area contributed by atoms with Gasteiger partial charge in [0.15, 0.2) is 0 Å². The number of nitrogens with zero attached hydrogens (tertiary/aromatic N) is 3. The standard InChI is InChI=1S/C15H12N4O/c20-15(11-2-1-10-3-4-17-13(10)5-11)19-7-12-6-16-9-18-14(12)8-19/h1-6,9,17H,7-8H2. The third-order valence-corrected chi connectivity index (χ3v) is 3.67. The molecule has 1 N–H and O–H groups in total. The van der Waals surface area contributed by atoms with Crippen LogP contribution in [0.4, 0.5) is 0 Å². The minimum atomic E-state index is 0.0273. The summed E-state index contributed by atoms with van der Waals surface area (Å²) in [7, 11) is 0. The maximum Gasteiger partial charge on any atom is 0.254 e. The Morgan fingerprint density at radius 2 is 2.20 bits per heavy atom. The monoisotopic (exact) mass is 264 g/mol. The van der Waals surface area contributed by atoms with Gasteiger partial charge in [-0.1, -0.05) is 6.07 Å². The predicted octanol–water partition coefficient (Wildman–Crippen LogP) is 2.11. The molecule has 0 radical (unpaired) electrons. The van der Waals surface area contributed by atoms with Crippen LogP contribution in [0.1, 0.15) is 21.6 Å². The normalized spacial score (nSPS) is 13.7. The lowest BCUT2D eigenvalue weighted by Gasteiger charge is -2.15. The van der Waals surface area contributed by atoms with Crippen LogP contribution in [0.2, 0.25) is 0 Å². The average Bonchev–Trinajstić information content (AvgIpc) is 3.11. The Balaban J connectivity index is 1.65. The number of amides is 1. The Morgan fingerprint density at radius 1 is 1.25 bits per heavy atom. The van der Waals surface area contributed by atoms with Crippen molar-refractivity contribution in [2.45, 2.75) is 13.1 Å². The van der Waals surface area contributed by atoms with E-state index in [2.05, 4.69) is 15.0 Å². The van der Waals surface area contributed by atoms with Crippen molar-refractivity contribution in [3.63, 3.8) is 0 Å². The maximum absolute atomic E-state index is 12.5. The van der Waals surface area contributed by atoms with Crippen molar-refractivity contribution in [3.8, 4) is 0 Å². The molecule has 3 heterocycles. The summed E-state index contributed by atoms with van der Waals surface area (Å²) in [6.45, 7) is 1.14. The summed E-state index contributed by atoms with van der Waals surface area (Å²) >= 11 is 0. The van der Waals surface area contributed by atoms with Crippen molar-refractivity contribution in [1.82, 2.24) is 19.9 Å². The Labute approximate surface area is 115 Å². The first-order chi connectivity index (χ1) is 9.81. The zero-order chi connectivity index (χ0) is 13.5. The van der Waals surface area contributed by atoms with Gasteiger partial charge in [0.1, 0.15) is 6.33 Å². The molecule has 0 unspecified atom stereocenters. The second-order valence-electron chi connectivity index (χ2n) is 4.94. The topological polar surface area (TPSA) is 61.9 Å². The van der Waals surface area contributed by atoms with Gasteiger partial charge in [-0.3, -0.25) is 4.79 Å². The number of carbonyl (C=O) groups is 1. The van der Waals surface area contributed by atoms with Gasteiger partial charge in [-0.15, -0.1) is 0 Å². The molecule has 1 amide bonds. The van der Waals surface area contributed by atoms with Crippen LogP contribution in [0.5, 0.6) is 0 Å². The molecule has 20 heavy (non-hydrogen) atoms. The summed E-state index contributed by atoms with van der Waals surface area (Å²) in [4.78, 5) is 25.7. The summed E-state index contributed by atoms with van der Waals surface area (Å²) in [6, 6.07) is 7.71. The van der Waals surface area contributed by atoms with Crippen molar-refractivity contribution in [2.24, 2.45) is 0 Å². The van der Waals surface area contributed by atoms with E-state index in [1.54, 1.807) is 11.1 Å². The number of benzene rings is 1. The van der Waals surface area contributed by atoms with Crippen molar-refractivity contribution >= 4 is 16.8 Å². The highest BCUT2D eigenvalue weighted by Crippen LogP contribution is 2.23. The number of aromatic nitrogens is 3.